The van der Waals surface area contributed by atoms with Crippen LogP contribution < -0.4 is 15.9 Å². The number of rotatable bonds is 7. The van der Waals surface area contributed by atoms with Crippen molar-refractivity contribution in [2.75, 3.05) is 13.1 Å². The van der Waals surface area contributed by atoms with Crippen molar-refractivity contribution < 1.29 is 10.1 Å². The Bertz CT molecular complexity index is 1150. The number of amidine groups is 2. The zero-order valence-corrected chi connectivity index (χ0v) is 18.6. The number of fused-ring (bicyclic) bond motifs is 1. The first-order valence-corrected chi connectivity index (χ1v) is 11.1. The fourth-order valence-corrected chi connectivity index (χ4v) is 4.31. The van der Waals surface area contributed by atoms with Gasteiger partial charge < -0.3 is 9.64 Å². The molecule has 0 amide bonds. The number of hydrogen-bond donors (Lipinski definition) is 3. The van der Waals surface area contributed by atoms with Crippen LogP contribution in [0.15, 0.2) is 73.3 Å². The third-order valence-electron chi connectivity index (χ3n) is 6.21. The van der Waals surface area contributed by atoms with Gasteiger partial charge in [0.15, 0.2) is 0 Å². The average Bonchev–Trinajstić information content (AvgIpc) is 3.27. The molecule has 1 saturated heterocycles. The summed E-state index contributed by atoms with van der Waals surface area (Å²) >= 11 is 0. The van der Waals surface area contributed by atoms with Crippen LogP contribution in [0.1, 0.15) is 36.0 Å². The van der Waals surface area contributed by atoms with Crippen LogP contribution in [0.2, 0.25) is 0 Å². The molecule has 0 bridgehead atoms. The first kappa shape index (κ1) is 21.6. The van der Waals surface area contributed by atoms with Gasteiger partial charge in [-0.15, -0.1) is 0 Å². The predicted molar refractivity (Wildman–Crippen MR) is 131 cm³/mol. The first-order chi connectivity index (χ1) is 15.4. The van der Waals surface area contributed by atoms with Crippen molar-refractivity contribution in [3.63, 3.8) is 0 Å². The number of benzene rings is 3. The summed E-state index contributed by atoms with van der Waals surface area (Å²) in [6, 6.07) is 21.0. The van der Waals surface area contributed by atoms with Gasteiger partial charge in [-0.2, -0.15) is 0 Å². The number of likely N-dealkylation sites (tertiary alicyclic amines) is 1. The maximum absolute atomic E-state index is 7.89. The zero-order valence-electron chi connectivity index (χ0n) is 18.6. The standard InChI is InChI=1S/C27H30N4O/c1-3-26(28)31-13-12-25(17-31)32-24-10-8-20(9-11-24)18(2)14-19-4-5-21-6-7-22(27(29)30)16-23(21)15-19/h3-11,15-16,18,25,28H,1,12-14,17H2,2H3,(H3,29,30)/p+1. The minimum atomic E-state index is 0.112. The van der Waals surface area contributed by atoms with Crippen molar-refractivity contribution in [1.29, 1.82) is 5.41 Å². The molecule has 0 aromatic heterocycles. The summed E-state index contributed by atoms with van der Waals surface area (Å²) in [6.45, 7) is 7.50. The quantitative estimate of drug-likeness (QED) is 0.399. The van der Waals surface area contributed by atoms with Crippen LogP contribution in [0.5, 0.6) is 5.75 Å². The number of nitrogens with one attached hydrogen (secondary N) is 1. The molecule has 5 N–H and O–H groups in total. The van der Waals surface area contributed by atoms with E-state index in [0.717, 1.165) is 42.6 Å². The van der Waals surface area contributed by atoms with Gasteiger partial charge in [0.05, 0.1) is 12.1 Å². The normalized spacial score (nSPS) is 16.7. The molecule has 0 saturated carbocycles. The van der Waals surface area contributed by atoms with Crippen molar-refractivity contribution in [3.8, 4) is 5.75 Å². The fraction of sp³-hybridized carbons (Fsp3) is 0.259. The lowest BCUT2D eigenvalue weighted by Crippen LogP contribution is -2.46. The highest BCUT2D eigenvalue weighted by Gasteiger charge is 2.24. The summed E-state index contributed by atoms with van der Waals surface area (Å²) in [6.07, 6.45) is 3.56. The highest BCUT2D eigenvalue weighted by Crippen LogP contribution is 2.26. The van der Waals surface area contributed by atoms with E-state index in [1.165, 1.54) is 16.5 Å². The van der Waals surface area contributed by atoms with Gasteiger partial charge in [0.1, 0.15) is 17.7 Å². The second-order valence-electron chi connectivity index (χ2n) is 8.59. The maximum atomic E-state index is 7.89. The van der Waals surface area contributed by atoms with E-state index in [-0.39, 0.29) is 6.10 Å². The van der Waals surface area contributed by atoms with Gasteiger partial charge in [0.25, 0.3) is 5.84 Å². The van der Waals surface area contributed by atoms with E-state index in [1.54, 1.807) is 6.08 Å². The molecule has 3 aromatic rings. The molecule has 32 heavy (non-hydrogen) atoms. The summed E-state index contributed by atoms with van der Waals surface area (Å²) in [7, 11) is 0. The molecule has 0 aliphatic carbocycles. The SMILES string of the molecule is C=CC(=N)N1CCC(Oc2ccc(C(C)Cc3ccc4ccc(C(N)=[NH2+])cc4c3)cc2)C1. The van der Waals surface area contributed by atoms with Gasteiger partial charge >= 0.3 is 0 Å². The van der Waals surface area contributed by atoms with Crippen LogP contribution in [0.25, 0.3) is 10.8 Å². The van der Waals surface area contributed by atoms with Crippen LogP contribution in [0, 0.1) is 5.41 Å². The lowest BCUT2D eigenvalue weighted by molar-refractivity contribution is -0.114. The van der Waals surface area contributed by atoms with Crippen LogP contribution in [0.3, 0.4) is 0 Å². The monoisotopic (exact) mass is 427 g/mol. The van der Waals surface area contributed by atoms with Crippen LogP contribution in [-0.2, 0) is 6.42 Å². The Hall–Kier alpha value is -3.60. The van der Waals surface area contributed by atoms with Crippen molar-refractivity contribution >= 4 is 22.4 Å². The number of ether oxygens (including phenoxy) is 1. The van der Waals surface area contributed by atoms with E-state index in [4.69, 9.17) is 21.3 Å². The van der Waals surface area contributed by atoms with E-state index in [9.17, 15) is 0 Å². The summed E-state index contributed by atoms with van der Waals surface area (Å²) in [5.41, 5.74) is 9.19. The lowest BCUT2D eigenvalue weighted by atomic mass is 9.92. The number of nitrogens with two attached hydrogens (primary N) is 2. The van der Waals surface area contributed by atoms with Crippen LogP contribution in [0.4, 0.5) is 0 Å². The smallest absolute Gasteiger partial charge is 0.270 e. The fourth-order valence-electron chi connectivity index (χ4n) is 4.31. The largest absolute Gasteiger partial charge is 0.489 e. The second kappa shape index (κ2) is 9.27. The van der Waals surface area contributed by atoms with E-state index in [2.05, 4.69) is 62.0 Å². The molecule has 5 heteroatoms. The Kier molecular flexibility index (Phi) is 6.26. The predicted octanol–water partition coefficient (Wildman–Crippen LogP) is 3.27. The minimum Gasteiger partial charge on any atom is -0.489 e. The van der Waals surface area contributed by atoms with Gasteiger partial charge in [-0.25, -0.2) is 0 Å². The summed E-state index contributed by atoms with van der Waals surface area (Å²) in [5.74, 6) is 2.07. The molecule has 4 rings (SSSR count). The molecule has 164 valence electrons. The van der Waals surface area contributed by atoms with Crippen molar-refractivity contribution in [2.24, 2.45) is 5.73 Å². The molecule has 2 unspecified atom stereocenters. The molecule has 0 radical (unpaired) electrons. The average molecular weight is 428 g/mol. The lowest BCUT2D eigenvalue weighted by Gasteiger charge is -2.18. The van der Waals surface area contributed by atoms with Gasteiger partial charge in [0, 0.05) is 13.0 Å². The van der Waals surface area contributed by atoms with Gasteiger partial charge in [-0.3, -0.25) is 16.6 Å². The van der Waals surface area contributed by atoms with E-state index < -0.39 is 0 Å². The Morgan fingerprint density at radius 2 is 1.94 bits per heavy atom. The van der Waals surface area contributed by atoms with Crippen LogP contribution >= 0.6 is 0 Å². The second-order valence-corrected chi connectivity index (χ2v) is 8.59. The van der Waals surface area contributed by atoms with E-state index in [0.29, 0.717) is 17.6 Å². The van der Waals surface area contributed by atoms with Gasteiger partial charge in [-0.05, 0) is 64.6 Å². The maximum Gasteiger partial charge on any atom is 0.270 e. The summed E-state index contributed by atoms with van der Waals surface area (Å²) in [4.78, 5) is 2.00. The Morgan fingerprint density at radius 3 is 2.66 bits per heavy atom. The van der Waals surface area contributed by atoms with E-state index in [1.807, 2.05) is 17.0 Å². The number of hydrogen-bond acceptors (Lipinski definition) is 2. The molecule has 5 nitrogen and oxygen atoms in total. The molecule has 2 atom stereocenters. The minimum absolute atomic E-state index is 0.112. The van der Waals surface area contributed by atoms with Crippen molar-refractivity contribution in [2.45, 2.75) is 31.8 Å². The number of nitrogens with zero attached hydrogens (tertiary/aromatic N) is 1. The van der Waals surface area contributed by atoms with Gasteiger partial charge in [0.2, 0.25) is 0 Å². The van der Waals surface area contributed by atoms with E-state index >= 15 is 0 Å². The topological polar surface area (TPSA) is 87.9 Å². The molecule has 1 aliphatic rings. The molecular formula is C27H31N4O+. The third kappa shape index (κ3) is 4.83. The highest BCUT2D eigenvalue weighted by atomic mass is 16.5. The molecule has 0 spiro atoms. The third-order valence-corrected chi connectivity index (χ3v) is 6.21. The summed E-state index contributed by atoms with van der Waals surface area (Å²) < 4.78 is 6.14. The van der Waals surface area contributed by atoms with Crippen LogP contribution in [-0.4, -0.2) is 35.8 Å². The molecule has 1 heterocycles. The molecule has 3 aromatic carbocycles. The Balaban J connectivity index is 1.39. The summed E-state index contributed by atoms with van der Waals surface area (Å²) in [5, 5.41) is 16.0. The molecule has 1 aliphatic heterocycles. The zero-order chi connectivity index (χ0) is 22.7. The highest BCUT2D eigenvalue weighted by molar-refractivity contribution is 5.97. The van der Waals surface area contributed by atoms with Gasteiger partial charge in [-0.1, -0.05) is 49.9 Å². The van der Waals surface area contributed by atoms with Crippen molar-refractivity contribution in [1.82, 2.24) is 4.90 Å². The first-order valence-electron chi connectivity index (χ1n) is 11.1. The molecule has 1 fully saturated rings. The Labute approximate surface area is 189 Å². The molecular weight excluding hydrogens is 396 g/mol. The van der Waals surface area contributed by atoms with Crippen molar-refractivity contribution in [3.05, 3.63) is 90.0 Å². The Morgan fingerprint density at radius 1 is 1.19 bits per heavy atom.